The summed E-state index contributed by atoms with van der Waals surface area (Å²) >= 11 is 12.1. The summed E-state index contributed by atoms with van der Waals surface area (Å²) in [5, 5.41) is 10.2. The molecule has 4 heteroatoms. The Labute approximate surface area is 93.0 Å². The summed E-state index contributed by atoms with van der Waals surface area (Å²) < 4.78 is -0.133. The van der Waals surface area contributed by atoms with Gasteiger partial charge in [-0.25, -0.2) is 0 Å². The molecule has 1 aromatic rings. The molecule has 0 fully saturated rings. The molecule has 1 nitrogen and oxygen atoms in total. The minimum Gasteiger partial charge on any atom is -0.386 e. The van der Waals surface area contributed by atoms with Gasteiger partial charge in [0.05, 0.1) is 3.74 Å². The predicted octanol–water partition coefficient (Wildman–Crippen LogP) is 3.49. The van der Waals surface area contributed by atoms with Gasteiger partial charge in [0.2, 0.25) is 0 Å². The molecule has 0 amide bonds. The topological polar surface area (TPSA) is 20.2 Å². The van der Waals surface area contributed by atoms with Crippen LogP contribution in [0.25, 0.3) is 0 Å². The predicted molar refractivity (Wildman–Crippen MR) is 58.1 cm³/mol. The van der Waals surface area contributed by atoms with Gasteiger partial charge in [-0.2, -0.15) is 0 Å². The number of aliphatic hydroxyl groups excluding tert-OH is 1. The molecule has 0 unspecified atom stereocenters. The smallest absolute Gasteiger partial charge is 0.101 e. The summed E-state index contributed by atoms with van der Waals surface area (Å²) in [5.74, 6) is 0. The summed E-state index contributed by atoms with van der Waals surface area (Å²) in [6.45, 7) is 0. The van der Waals surface area contributed by atoms with Crippen molar-refractivity contribution in [3.8, 4) is 0 Å². The van der Waals surface area contributed by atoms with E-state index >= 15 is 0 Å². The number of halogens is 3. The molecule has 0 aliphatic rings. The van der Waals surface area contributed by atoms with E-state index in [1.807, 2.05) is 0 Å². The van der Waals surface area contributed by atoms with Crippen LogP contribution in [0.2, 0.25) is 5.02 Å². The molecule has 1 N–H and O–H groups in total. The van der Waals surface area contributed by atoms with Gasteiger partial charge in [0.15, 0.2) is 0 Å². The molecule has 1 aromatic carbocycles. The summed E-state index contributed by atoms with van der Waals surface area (Å²) in [6, 6.07) is 7.09. The molecule has 12 heavy (non-hydrogen) atoms. The van der Waals surface area contributed by atoms with Crippen molar-refractivity contribution >= 4 is 43.5 Å². The molecule has 0 spiro atoms. The summed E-state index contributed by atoms with van der Waals surface area (Å²) in [4.78, 5) is 0. The first-order valence-corrected chi connectivity index (χ1v) is 5.54. The Bertz CT molecular complexity index is 248. The SMILES string of the molecule is O[C@H](c1ccc(Cl)cc1)C(Br)Br. The molecule has 0 saturated heterocycles. The van der Waals surface area contributed by atoms with Crippen LogP contribution in [0.5, 0.6) is 0 Å². The van der Waals surface area contributed by atoms with Crippen LogP contribution in [-0.4, -0.2) is 8.84 Å². The fourth-order valence-corrected chi connectivity index (χ4v) is 1.54. The van der Waals surface area contributed by atoms with Gasteiger partial charge in [0.1, 0.15) is 6.10 Å². The minimum atomic E-state index is -0.553. The Morgan fingerprint density at radius 2 is 1.67 bits per heavy atom. The Morgan fingerprint density at radius 1 is 1.17 bits per heavy atom. The normalized spacial score (nSPS) is 13.4. The van der Waals surface area contributed by atoms with Crippen LogP contribution in [-0.2, 0) is 0 Å². The third-order valence-electron chi connectivity index (χ3n) is 1.45. The highest BCUT2D eigenvalue weighted by Crippen LogP contribution is 2.27. The minimum absolute atomic E-state index is 0.133. The Balaban J connectivity index is 2.82. The molecule has 0 aliphatic carbocycles. The van der Waals surface area contributed by atoms with Gasteiger partial charge in [-0.05, 0) is 17.7 Å². The van der Waals surface area contributed by atoms with Crippen molar-refractivity contribution in [1.82, 2.24) is 0 Å². The maximum atomic E-state index is 9.55. The molecular formula is C8H7Br2ClO. The van der Waals surface area contributed by atoms with Gasteiger partial charge in [-0.15, -0.1) is 0 Å². The van der Waals surface area contributed by atoms with E-state index in [0.29, 0.717) is 5.02 Å². The lowest BCUT2D eigenvalue weighted by Crippen LogP contribution is -2.04. The third kappa shape index (κ3) is 2.73. The lowest BCUT2D eigenvalue weighted by Gasteiger charge is -2.11. The zero-order chi connectivity index (χ0) is 9.14. The van der Waals surface area contributed by atoms with Crippen molar-refractivity contribution in [3.63, 3.8) is 0 Å². The maximum Gasteiger partial charge on any atom is 0.101 e. The number of alkyl halides is 2. The second kappa shape index (κ2) is 4.61. The standard InChI is InChI=1S/C8H7Br2ClO/c9-8(10)7(12)5-1-3-6(11)4-2-5/h1-4,7-8,12H/t7-/m1/s1. The Morgan fingerprint density at radius 3 is 2.08 bits per heavy atom. The number of hydrogen-bond donors (Lipinski definition) is 1. The van der Waals surface area contributed by atoms with Crippen molar-refractivity contribution in [3.05, 3.63) is 34.9 Å². The van der Waals surface area contributed by atoms with Crippen LogP contribution in [0, 0.1) is 0 Å². The molecular weight excluding hydrogens is 307 g/mol. The molecule has 0 radical (unpaired) electrons. The summed E-state index contributed by atoms with van der Waals surface area (Å²) in [5.41, 5.74) is 0.832. The monoisotopic (exact) mass is 312 g/mol. The molecule has 66 valence electrons. The van der Waals surface area contributed by atoms with Gasteiger partial charge in [-0.3, -0.25) is 0 Å². The highest BCUT2D eigenvalue weighted by molar-refractivity contribution is 9.24. The third-order valence-corrected chi connectivity index (χ3v) is 2.70. The van der Waals surface area contributed by atoms with Crippen molar-refractivity contribution in [1.29, 1.82) is 0 Å². The molecule has 1 rings (SSSR count). The second-order valence-electron chi connectivity index (χ2n) is 2.33. The molecule has 1 atom stereocenters. The lowest BCUT2D eigenvalue weighted by molar-refractivity contribution is 0.199. The van der Waals surface area contributed by atoms with Crippen molar-refractivity contribution in [2.75, 3.05) is 0 Å². The van der Waals surface area contributed by atoms with Crippen LogP contribution in [0.1, 0.15) is 11.7 Å². The molecule has 0 heterocycles. The van der Waals surface area contributed by atoms with Crippen molar-refractivity contribution < 1.29 is 5.11 Å². The average Bonchev–Trinajstić information content (AvgIpc) is 2.04. The first-order chi connectivity index (χ1) is 5.61. The largest absolute Gasteiger partial charge is 0.386 e. The summed E-state index contributed by atoms with van der Waals surface area (Å²) in [7, 11) is 0. The first-order valence-electron chi connectivity index (χ1n) is 3.33. The lowest BCUT2D eigenvalue weighted by atomic mass is 10.1. The van der Waals surface area contributed by atoms with E-state index in [2.05, 4.69) is 31.9 Å². The van der Waals surface area contributed by atoms with Gasteiger partial charge in [0, 0.05) is 5.02 Å². The van der Waals surface area contributed by atoms with Crippen molar-refractivity contribution in [2.24, 2.45) is 0 Å². The van der Waals surface area contributed by atoms with Crippen LogP contribution >= 0.6 is 43.5 Å². The highest BCUT2D eigenvalue weighted by Gasteiger charge is 2.13. The average molecular weight is 314 g/mol. The van der Waals surface area contributed by atoms with Crippen molar-refractivity contribution in [2.45, 2.75) is 9.84 Å². The van der Waals surface area contributed by atoms with E-state index < -0.39 is 6.10 Å². The van der Waals surface area contributed by atoms with E-state index in [1.54, 1.807) is 24.3 Å². The number of benzene rings is 1. The van der Waals surface area contributed by atoms with E-state index in [0.717, 1.165) is 5.56 Å². The van der Waals surface area contributed by atoms with E-state index in [4.69, 9.17) is 11.6 Å². The fourth-order valence-electron chi connectivity index (χ4n) is 0.805. The Kier molecular flexibility index (Phi) is 4.03. The van der Waals surface area contributed by atoms with Crippen LogP contribution < -0.4 is 0 Å². The second-order valence-corrected chi connectivity index (χ2v) is 5.97. The zero-order valence-corrected chi connectivity index (χ0v) is 9.97. The quantitative estimate of drug-likeness (QED) is 0.829. The first kappa shape index (κ1) is 10.5. The van der Waals surface area contributed by atoms with E-state index in [1.165, 1.54) is 0 Å². The van der Waals surface area contributed by atoms with Crippen LogP contribution in [0.15, 0.2) is 24.3 Å². The summed E-state index contributed by atoms with van der Waals surface area (Å²) in [6.07, 6.45) is -0.553. The highest BCUT2D eigenvalue weighted by atomic mass is 79.9. The maximum absolute atomic E-state index is 9.55. The van der Waals surface area contributed by atoms with Gasteiger partial charge in [0.25, 0.3) is 0 Å². The van der Waals surface area contributed by atoms with E-state index in [9.17, 15) is 5.11 Å². The Hall–Kier alpha value is 0.430. The number of hydrogen-bond acceptors (Lipinski definition) is 1. The molecule has 0 saturated carbocycles. The molecule has 0 bridgehead atoms. The number of rotatable bonds is 2. The van der Waals surface area contributed by atoms with Crippen LogP contribution in [0.4, 0.5) is 0 Å². The molecule has 0 aliphatic heterocycles. The number of aliphatic hydroxyl groups is 1. The van der Waals surface area contributed by atoms with Gasteiger partial charge in [-0.1, -0.05) is 55.6 Å². The van der Waals surface area contributed by atoms with Crippen LogP contribution in [0.3, 0.4) is 0 Å². The van der Waals surface area contributed by atoms with Gasteiger partial charge >= 0.3 is 0 Å². The van der Waals surface area contributed by atoms with E-state index in [-0.39, 0.29) is 3.74 Å². The molecule has 0 aromatic heterocycles. The van der Waals surface area contributed by atoms with Gasteiger partial charge < -0.3 is 5.11 Å². The zero-order valence-electron chi connectivity index (χ0n) is 6.05. The fraction of sp³-hybridized carbons (Fsp3) is 0.250.